The minimum absolute atomic E-state index is 0.143. The maximum absolute atomic E-state index is 5.50. The van der Waals surface area contributed by atoms with Crippen molar-refractivity contribution in [2.24, 2.45) is 5.92 Å². The molecule has 1 atom stereocenters. The zero-order valence-electron chi connectivity index (χ0n) is 15.2. The zero-order valence-corrected chi connectivity index (χ0v) is 16.0. The van der Waals surface area contributed by atoms with Gasteiger partial charge in [-0.25, -0.2) is 0 Å². The molecule has 0 saturated heterocycles. The fraction of sp³-hybridized carbons (Fsp3) is 0.350. The van der Waals surface area contributed by atoms with Crippen LogP contribution >= 0.6 is 12.2 Å². The van der Waals surface area contributed by atoms with Crippen LogP contribution in [0.4, 0.5) is 5.69 Å². The van der Waals surface area contributed by atoms with Gasteiger partial charge in [-0.3, -0.25) is 0 Å². The second-order valence-corrected chi connectivity index (χ2v) is 6.69. The topological polar surface area (TPSA) is 42.5 Å². The lowest BCUT2D eigenvalue weighted by Gasteiger charge is -2.23. The number of nitrogens with one attached hydrogen (secondary N) is 2. The van der Waals surface area contributed by atoms with E-state index in [-0.39, 0.29) is 6.04 Å². The summed E-state index contributed by atoms with van der Waals surface area (Å²) in [5, 5.41) is 7.26. The van der Waals surface area contributed by atoms with E-state index in [1.165, 1.54) is 5.56 Å². The second kappa shape index (κ2) is 9.28. The molecular formula is C20H26N2O2S. The third-order valence-electron chi connectivity index (χ3n) is 3.88. The number of hydrogen-bond acceptors (Lipinski definition) is 3. The number of rotatable bonds is 7. The van der Waals surface area contributed by atoms with Crippen LogP contribution in [0.25, 0.3) is 0 Å². The van der Waals surface area contributed by atoms with Crippen LogP contribution in [0.3, 0.4) is 0 Å². The molecule has 0 aliphatic rings. The van der Waals surface area contributed by atoms with Crippen molar-refractivity contribution in [1.29, 1.82) is 0 Å². The highest BCUT2D eigenvalue weighted by molar-refractivity contribution is 7.80. The van der Waals surface area contributed by atoms with Crippen LogP contribution in [0.5, 0.6) is 11.5 Å². The van der Waals surface area contributed by atoms with Gasteiger partial charge in [-0.15, -0.1) is 0 Å². The number of thiocarbonyl (C=S) groups is 1. The van der Waals surface area contributed by atoms with Crippen LogP contribution < -0.4 is 20.1 Å². The molecule has 134 valence electrons. The summed E-state index contributed by atoms with van der Waals surface area (Å²) in [6.45, 7) is 4.41. The smallest absolute Gasteiger partial charge is 0.171 e. The minimum atomic E-state index is 0.143. The fourth-order valence-electron chi connectivity index (χ4n) is 2.59. The SMILES string of the molecule is COc1ccc(NC(=S)NC(CC(C)C)c2ccc(OC)cc2)cc1. The molecule has 4 nitrogen and oxygen atoms in total. The molecule has 25 heavy (non-hydrogen) atoms. The van der Waals surface area contributed by atoms with Crippen molar-refractivity contribution in [2.45, 2.75) is 26.3 Å². The number of benzene rings is 2. The van der Waals surface area contributed by atoms with E-state index in [0.29, 0.717) is 11.0 Å². The van der Waals surface area contributed by atoms with Crippen LogP contribution in [0.2, 0.25) is 0 Å². The number of methoxy groups -OCH3 is 2. The van der Waals surface area contributed by atoms with Gasteiger partial charge in [0.1, 0.15) is 11.5 Å². The predicted octanol–water partition coefficient (Wildman–Crippen LogP) is 4.78. The predicted molar refractivity (Wildman–Crippen MR) is 108 cm³/mol. The van der Waals surface area contributed by atoms with E-state index in [1.807, 2.05) is 36.4 Å². The summed E-state index contributed by atoms with van der Waals surface area (Å²) in [7, 11) is 3.33. The van der Waals surface area contributed by atoms with Crippen LogP contribution in [0, 0.1) is 5.92 Å². The standard InChI is InChI=1S/C20H26N2O2S/c1-14(2)13-19(15-5-9-17(23-3)10-6-15)22-20(25)21-16-7-11-18(24-4)12-8-16/h5-12,14,19H,13H2,1-4H3,(H2,21,22,25). The Balaban J connectivity index is 2.05. The summed E-state index contributed by atoms with van der Waals surface area (Å²) >= 11 is 5.50. The Labute approximate surface area is 155 Å². The lowest BCUT2D eigenvalue weighted by molar-refractivity contribution is 0.414. The fourth-order valence-corrected chi connectivity index (χ4v) is 2.85. The van der Waals surface area contributed by atoms with E-state index in [1.54, 1.807) is 14.2 Å². The molecule has 2 aromatic rings. The number of ether oxygens (including phenoxy) is 2. The van der Waals surface area contributed by atoms with Gasteiger partial charge in [-0.2, -0.15) is 0 Å². The molecule has 0 fully saturated rings. The monoisotopic (exact) mass is 358 g/mol. The zero-order chi connectivity index (χ0) is 18.2. The summed E-state index contributed by atoms with van der Waals surface area (Å²) < 4.78 is 10.4. The van der Waals surface area contributed by atoms with Gasteiger partial charge in [0.25, 0.3) is 0 Å². The Hall–Kier alpha value is -2.27. The van der Waals surface area contributed by atoms with E-state index in [2.05, 4.69) is 36.6 Å². The first-order valence-corrected chi connectivity index (χ1v) is 8.78. The molecule has 2 N–H and O–H groups in total. The summed E-state index contributed by atoms with van der Waals surface area (Å²) in [6, 6.07) is 15.9. The Morgan fingerprint density at radius 2 is 1.44 bits per heavy atom. The highest BCUT2D eigenvalue weighted by atomic mass is 32.1. The molecule has 0 bridgehead atoms. The third-order valence-corrected chi connectivity index (χ3v) is 4.10. The number of anilines is 1. The molecule has 0 heterocycles. The maximum Gasteiger partial charge on any atom is 0.171 e. The van der Waals surface area contributed by atoms with E-state index < -0.39 is 0 Å². The molecule has 2 aromatic carbocycles. The summed E-state index contributed by atoms with van der Waals surface area (Å²) in [5.41, 5.74) is 2.12. The molecule has 0 aliphatic carbocycles. The average molecular weight is 359 g/mol. The molecule has 2 rings (SSSR count). The van der Waals surface area contributed by atoms with Gasteiger partial charge < -0.3 is 20.1 Å². The van der Waals surface area contributed by atoms with Crippen LogP contribution in [0.1, 0.15) is 31.9 Å². The van der Waals surface area contributed by atoms with Gasteiger partial charge in [0, 0.05) is 5.69 Å². The molecule has 0 radical (unpaired) electrons. The van der Waals surface area contributed by atoms with Crippen LogP contribution in [-0.2, 0) is 0 Å². The summed E-state index contributed by atoms with van der Waals surface area (Å²) in [6.07, 6.45) is 0.983. The average Bonchev–Trinajstić information content (AvgIpc) is 2.61. The molecule has 0 aromatic heterocycles. The molecule has 0 aliphatic heterocycles. The van der Waals surface area contributed by atoms with Gasteiger partial charge in [0.15, 0.2) is 5.11 Å². The van der Waals surface area contributed by atoms with Crippen molar-refractivity contribution in [3.05, 3.63) is 54.1 Å². The van der Waals surface area contributed by atoms with Crippen molar-refractivity contribution in [3.8, 4) is 11.5 Å². The van der Waals surface area contributed by atoms with E-state index in [9.17, 15) is 0 Å². The van der Waals surface area contributed by atoms with Gasteiger partial charge in [-0.1, -0.05) is 26.0 Å². The molecule has 1 unspecified atom stereocenters. The Bertz CT molecular complexity index is 669. The summed E-state index contributed by atoms with van der Waals surface area (Å²) in [4.78, 5) is 0. The van der Waals surface area contributed by atoms with E-state index in [4.69, 9.17) is 21.7 Å². The highest BCUT2D eigenvalue weighted by Gasteiger charge is 2.15. The van der Waals surface area contributed by atoms with Gasteiger partial charge in [-0.05, 0) is 66.5 Å². The Morgan fingerprint density at radius 3 is 1.92 bits per heavy atom. The largest absolute Gasteiger partial charge is 0.497 e. The van der Waals surface area contributed by atoms with Crippen molar-refractivity contribution < 1.29 is 9.47 Å². The van der Waals surface area contributed by atoms with E-state index >= 15 is 0 Å². The van der Waals surface area contributed by atoms with Crippen LogP contribution in [0.15, 0.2) is 48.5 Å². The summed E-state index contributed by atoms with van der Waals surface area (Å²) in [5.74, 6) is 2.22. The molecule has 0 amide bonds. The quantitative estimate of drug-likeness (QED) is 0.698. The number of hydrogen-bond donors (Lipinski definition) is 2. The van der Waals surface area contributed by atoms with Crippen molar-refractivity contribution in [2.75, 3.05) is 19.5 Å². The first kappa shape index (κ1) is 19.1. The lowest BCUT2D eigenvalue weighted by atomic mass is 9.97. The normalized spacial score (nSPS) is 11.7. The Morgan fingerprint density at radius 1 is 0.920 bits per heavy atom. The minimum Gasteiger partial charge on any atom is -0.497 e. The first-order chi connectivity index (χ1) is 12.0. The third kappa shape index (κ3) is 5.94. The van der Waals surface area contributed by atoms with Gasteiger partial charge in [0.2, 0.25) is 0 Å². The lowest BCUT2D eigenvalue weighted by Crippen LogP contribution is -2.33. The van der Waals surface area contributed by atoms with Crippen molar-refractivity contribution in [3.63, 3.8) is 0 Å². The molecule has 0 spiro atoms. The molecular weight excluding hydrogens is 332 g/mol. The second-order valence-electron chi connectivity index (χ2n) is 6.28. The highest BCUT2D eigenvalue weighted by Crippen LogP contribution is 2.24. The first-order valence-electron chi connectivity index (χ1n) is 8.37. The van der Waals surface area contributed by atoms with Gasteiger partial charge in [0.05, 0.1) is 20.3 Å². The van der Waals surface area contributed by atoms with Crippen molar-refractivity contribution >= 4 is 23.0 Å². The Kier molecular flexibility index (Phi) is 7.07. The molecule has 0 saturated carbocycles. The van der Waals surface area contributed by atoms with Gasteiger partial charge >= 0.3 is 0 Å². The van der Waals surface area contributed by atoms with Crippen LogP contribution in [-0.4, -0.2) is 19.3 Å². The van der Waals surface area contributed by atoms with E-state index in [0.717, 1.165) is 23.6 Å². The molecule has 5 heteroatoms. The maximum atomic E-state index is 5.50. The van der Waals surface area contributed by atoms with Crippen molar-refractivity contribution in [1.82, 2.24) is 5.32 Å².